The molecular weight excluding hydrogens is 238 g/mol. The second kappa shape index (κ2) is 5.59. The summed E-state index contributed by atoms with van der Waals surface area (Å²) in [6.07, 6.45) is 6.03. The molecule has 1 heterocycles. The van der Waals surface area contributed by atoms with E-state index in [9.17, 15) is 4.79 Å². The van der Waals surface area contributed by atoms with E-state index in [1.807, 2.05) is 13.0 Å². The van der Waals surface area contributed by atoms with Gasteiger partial charge in [0.1, 0.15) is 0 Å². The first-order chi connectivity index (χ1) is 9.04. The highest BCUT2D eigenvalue weighted by atomic mass is 16.1. The van der Waals surface area contributed by atoms with Crippen LogP contribution >= 0.6 is 0 Å². The van der Waals surface area contributed by atoms with Crippen LogP contribution in [0, 0.1) is 6.92 Å². The minimum atomic E-state index is -0.0238. The largest absolute Gasteiger partial charge is 0.384 e. The minimum absolute atomic E-state index is 0.0201. The predicted molar refractivity (Wildman–Crippen MR) is 77.5 cm³/mol. The first-order valence-corrected chi connectivity index (χ1v) is 7.07. The third kappa shape index (κ3) is 3.25. The van der Waals surface area contributed by atoms with Gasteiger partial charge >= 0.3 is 0 Å². The smallest absolute Gasteiger partial charge is 0.255 e. The zero-order chi connectivity index (χ0) is 13.9. The van der Waals surface area contributed by atoms with Crippen molar-refractivity contribution in [3.8, 4) is 0 Å². The van der Waals surface area contributed by atoms with Crippen molar-refractivity contribution in [3.05, 3.63) is 23.5 Å². The van der Waals surface area contributed by atoms with Gasteiger partial charge in [-0.2, -0.15) is 0 Å². The molecule has 19 heavy (non-hydrogen) atoms. The molecule has 1 aromatic heterocycles. The van der Waals surface area contributed by atoms with Crippen LogP contribution in [0.1, 0.15) is 55.6 Å². The van der Waals surface area contributed by atoms with E-state index in [1.165, 1.54) is 6.42 Å². The summed E-state index contributed by atoms with van der Waals surface area (Å²) in [7, 11) is 0. The topological polar surface area (TPSA) is 54.0 Å². The van der Waals surface area contributed by atoms with Crippen molar-refractivity contribution in [2.75, 3.05) is 11.9 Å². The first kappa shape index (κ1) is 13.8. The second-order valence-corrected chi connectivity index (χ2v) is 5.67. The highest BCUT2D eigenvalue weighted by Crippen LogP contribution is 2.31. The minimum Gasteiger partial charge on any atom is -0.384 e. The lowest BCUT2D eigenvalue weighted by Gasteiger charge is -2.39. The molecule has 2 rings (SSSR count). The fourth-order valence-corrected chi connectivity index (χ4v) is 2.32. The number of pyridine rings is 1. The third-order valence-corrected chi connectivity index (χ3v) is 3.72. The fraction of sp³-hybridized carbons (Fsp3) is 0.600. The highest BCUT2D eigenvalue weighted by molar-refractivity contribution is 5.99. The van der Waals surface area contributed by atoms with Gasteiger partial charge < -0.3 is 10.6 Å². The molecule has 1 amide bonds. The van der Waals surface area contributed by atoms with E-state index in [1.54, 1.807) is 6.20 Å². The monoisotopic (exact) mass is 261 g/mol. The summed E-state index contributed by atoms with van der Waals surface area (Å²) in [4.78, 5) is 16.6. The summed E-state index contributed by atoms with van der Waals surface area (Å²) in [5, 5.41) is 6.43. The van der Waals surface area contributed by atoms with Gasteiger partial charge in [-0.05, 0) is 45.6 Å². The molecular formula is C15H23N3O. The molecule has 4 heteroatoms. The quantitative estimate of drug-likeness (QED) is 0.857. The molecule has 1 fully saturated rings. The standard InChI is InChI=1S/C15H23N3O/c1-4-8-16-13-9-11(2)17-10-12(13)14(19)18-15(3)6-5-7-15/h9-10H,4-8H2,1-3H3,(H,16,17)(H,18,19). The van der Waals surface area contributed by atoms with Crippen molar-refractivity contribution in [3.63, 3.8) is 0 Å². The molecule has 0 aliphatic heterocycles. The number of carbonyl (C=O) groups excluding carboxylic acids is 1. The fourth-order valence-electron chi connectivity index (χ4n) is 2.32. The summed E-state index contributed by atoms with van der Waals surface area (Å²) < 4.78 is 0. The van der Waals surface area contributed by atoms with Crippen molar-refractivity contribution in [2.45, 2.75) is 52.0 Å². The Labute approximate surface area is 115 Å². The van der Waals surface area contributed by atoms with Crippen molar-refractivity contribution >= 4 is 11.6 Å². The Morgan fingerprint density at radius 3 is 2.79 bits per heavy atom. The molecule has 0 radical (unpaired) electrons. The lowest BCUT2D eigenvalue weighted by atomic mass is 9.78. The van der Waals surface area contributed by atoms with Crippen molar-refractivity contribution in [2.24, 2.45) is 0 Å². The number of nitrogens with zero attached hydrogens (tertiary/aromatic N) is 1. The van der Waals surface area contributed by atoms with Gasteiger partial charge in [-0.25, -0.2) is 0 Å². The Hall–Kier alpha value is -1.58. The number of hydrogen-bond acceptors (Lipinski definition) is 3. The van der Waals surface area contributed by atoms with Gasteiger partial charge in [0.15, 0.2) is 0 Å². The molecule has 2 N–H and O–H groups in total. The molecule has 1 aromatic rings. The summed E-state index contributed by atoms with van der Waals surface area (Å²) in [5.41, 5.74) is 2.43. The number of amides is 1. The molecule has 0 spiro atoms. The Kier molecular flexibility index (Phi) is 4.08. The lowest BCUT2D eigenvalue weighted by Crippen LogP contribution is -2.51. The number of anilines is 1. The van der Waals surface area contributed by atoms with Gasteiger partial charge in [-0.1, -0.05) is 6.92 Å². The molecule has 1 saturated carbocycles. The number of carbonyl (C=O) groups is 1. The van der Waals surface area contributed by atoms with Gasteiger partial charge in [0.05, 0.1) is 11.3 Å². The number of aryl methyl sites for hydroxylation is 1. The van der Waals surface area contributed by atoms with Gasteiger partial charge in [0.2, 0.25) is 0 Å². The van der Waals surface area contributed by atoms with Gasteiger partial charge in [0, 0.05) is 24.0 Å². The Bertz CT molecular complexity index is 466. The van der Waals surface area contributed by atoms with E-state index < -0.39 is 0 Å². The van der Waals surface area contributed by atoms with Crippen LogP contribution in [-0.2, 0) is 0 Å². The molecule has 0 saturated heterocycles. The van der Waals surface area contributed by atoms with E-state index in [0.29, 0.717) is 5.56 Å². The van der Waals surface area contributed by atoms with Crippen molar-refractivity contribution in [1.29, 1.82) is 0 Å². The zero-order valence-electron chi connectivity index (χ0n) is 12.0. The van der Waals surface area contributed by atoms with Gasteiger partial charge in [-0.15, -0.1) is 0 Å². The maximum atomic E-state index is 12.4. The van der Waals surface area contributed by atoms with Crippen LogP contribution in [0.15, 0.2) is 12.3 Å². The lowest BCUT2D eigenvalue weighted by molar-refractivity contribution is 0.0851. The third-order valence-electron chi connectivity index (χ3n) is 3.72. The molecule has 0 atom stereocenters. The maximum absolute atomic E-state index is 12.4. The number of aromatic nitrogens is 1. The van der Waals surface area contributed by atoms with E-state index in [4.69, 9.17) is 0 Å². The summed E-state index contributed by atoms with van der Waals surface area (Å²) >= 11 is 0. The molecule has 4 nitrogen and oxygen atoms in total. The Balaban J connectivity index is 2.15. The first-order valence-electron chi connectivity index (χ1n) is 7.07. The van der Waals surface area contributed by atoms with Crippen LogP contribution in [-0.4, -0.2) is 23.0 Å². The maximum Gasteiger partial charge on any atom is 0.255 e. The molecule has 1 aliphatic carbocycles. The second-order valence-electron chi connectivity index (χ2n) is 5.67. The van der Waals surface area contributed by atoms with E-state index in [-0.39, 0.29) is 11.4 Å². The van der Waals surface area contributed by atoms with E-state index in [2.05, 4.69) is 29.5 Å². The number of hydrogen-bond donors (Lipinski definition) is 2. The summed E-state index contributed by atoms with van der Waals surface area (Å²) in [6.45, 7) is 7.01. The molecule has 0 bridgehead atoms. The number of nitrogens with one attached hydrogen (secondary N) is 2. The molecule has 1 aliphatic rings. The Morgan fingerprint density at radius 1 is 1.47 bits per heavy atom. The van der Waals surface area contributed by atoms with Crippen molar-refractivity contribution in [1.82, 2.24) is 10.3 Å². The van der Waals surface area contributed by atoms with Crippen LogP contribution in [0.4, 0.5) is 5.69 Å². The highest BCUT2D eigenvalue weighted by Gasteiger charge is 2.33. The van der Waals surface area contributed by atoms with Crippen molar-refractivity contribution < 1.29 is 4.79 Å². The SMILES string of the molecule is CCCNc1cc(C)ncc1C(=O)NC1(C)CCC1. The summed E-state index contributed by atoms with van der Waals surface area (Å²) in [5.74, 6) is -0.0201. The average Bonchev–Trinajstić information content (AvgIpc) is 2.34. The van der Waals surface area contributed by atoms with Crippen LogP contribution < -0.4 is 10.6 Å². The van der Waals surface area contributed by atoms with Crippen LogP contribution in [0.25, 0.3) is 0 Å². The predicted octanol–water partition coefficient (Wildman–Crippen LogP) is 2.88. The summed E-state index contributed by atoms with van der Waals surface area (Å²) in [6, 6.07) is 1.94. The van der Waals surface area contributed by atoms with Crippen LogP contribution in [0.5, 0.6) is 0 Å². The average molecular weight is 261 g/mol. The van der Waals surface area contributed by atoms with Crippen LogP contribution in [0.3, 0.4) is 0 Å². The van der Waals surface area contributed by atoms with E-state index >= 15 is 0 Å². The molecule has 0 unspecified atom stereocenters. The molecule has 0 aromatic carbocycles. The zero-order valence-corrected chi connectivity index (χ0v) is 12.0. The van der Waals surface area contributed by atoms with E-state index in [0.717, 1.165) is 37.2 Å². The van der Waals surface area contributed by atoms with Gasteiger partial charge in [-0.3, -0.25) is 9.78 Å². The molecule has 104 valence electrons. The Morgan fingerprint density at radius 2 is 2.21 bits per heavy atom. The normalized spacial score (nSPS) is 16.6. The number of rotatable bonds is 5. The van der Waals surface area contributed by atoms with Gasteiger partial charge in [0.25, 0.3) is 5.91 Å². The van der Waals surface area contributed by atoms with Crippen LogP contribution in [0.2, 0.25) is 0 Å².